The van der Waals surface area contributed by atoms with Gasteiger partial charge in [0.05, 0.1) is 36.0 Å². The molecule has 2 heterocycles. The van der Waals surface area contributed by atoms with E-state index in [1.165, 1.54) is 12.4 Å². The van der Waals surface area contributed by atoms with Gasteiger partial charge in [-0.15, -0.1) is 11.6 Å². The molecular formula is C11H14ClN3O2. The molecule has 1 amide bonds. The van der Waals surface area contributed by atoms with E-state index in [0.29, 0.717) is 24.5 Å². The maximum Gasteiger partial charge on any atom is 0.255 e. The van der Waals surface area contributed by atoms with E-state index in [1.807, 2.05) is 6.92 Å². The van der Waals surface area contributed by atoms with Crippen LogP contribution in [0.1, 0.15) is 17.3 Å². The van der Waals surface area contributed by atoms with Gasteiger partial charge in [0.25, 0.3) is 5.91 Å². The van der Waals surface area contributed by atoms with Gasteiger partial charge < -0.3 is 9.64 Å². The molecule has 1 aromatic rings. The number of carbonyl (C=O) groups is 1. The Morgan fingerprint density at radius 3 is 3.06 bits per heavy atom. The standard InChI is InChI=1S/C11H14ClN3O2/c1-8-6-15(7-10(4-12)17-8)11(16)9-2-3-13-14-5-9/h2-3,5,8,10H,4,6-7H2,1H3. The summed E-state index contributed by atoms with van der Waals surface area (Å²) in [5.41, 5.74) is 0.544. The fraction of sp³-hybridized carbons (Fsp3) is 0.545. The van der Waals surface area contributed by atoms with Gasteiger partial charge in [-0.05, 0) is 13.0 Å². The lowest BCUT2D eigenvalue weighted by Gasteiger charge is -2.36. The number of ether oxygens (including phenoxy) is 1. The molecule has 2 unspecified atom stereocenters. The summed E-state index contributed by atoms with van der Waals surface area (Å²) in [5, 5.41) is 7.36. The Bertz CT molecular complexity index is 388. The first kappa shape index (κ1) is 12.3. The minimum Gasteiger partial charge on any atom is -0.370 e. The molecule has 6 heteroatoms. The first-order valence-electron chi connectivity index (χ1n) is 5.48. The highest BCUT2D eigenvalue weighted by Gasteiger charge is 2.28. The number of hydrogen-bond donors (Lipinski definition) is 0. The van der Waals surface area contributed by atoms with Crippen LogP contribution in [0.15, 0.2) is 18.5 Å². The molecule has 17 heavy (non-hydrogen) atoms. The van der Waals surface area contributed by atoms with Crippen LogP contribution in [0.25, 0.3) is 0 Å². The minimum atomic E-state index is -0.0980. The van der Waals surface area contributed by atoms with Gasteiger partial charge in [0.2, 0.25) is 0 Å². The van der Waals surface area contributed by atoms with E-state index < -0.39 is 0 Å². The maximum atomic E-state index is 12.2. The highest BCUT2D eigenvalue weighted by atomic mass is 35.5. The van der Waals surface area contributed by atoms with Crippen molar-refractivity contribution >= 4 is 17.5 Å². The molecular weight excluding hydrogens is 242 g/mol. The fourth-order valence-electron chi connectivity index (χ4n) is 1.90. The number of nitrogens with zero attached hydrogens (tertiary/aromatic N) is 3. The van der Waals surface area contributed by atoms with Crippen LogP contribution >= 0.6 is 11.6 Å². The smallest absolute Gasteiger partial charge is 0.255 e. The van der Waals surface area contributed by atoms with Crippen molar-refractivity contribution in [2.45, 2.75) is 19.1 Å². The number of rotatable bonds is 2. The van der Waals surface area contributed by atoms with Gasteiger partial charge in [0.1, 0.15) is 0 Å². The van der Waals surface area contributed by atoms with E-state index in [2.05, 4.69) is 10.2 Å². The summed E-state index contributed by atoms with van der Waals surface area (Å²) in [6, 6.07) is 1.66. The molecule has 1 aliphatic heterocycles. The molecule has 0 bridgehead atoms. The summed E-state index contributed by atoms with van der Waals surface area (Å²) < 4.78 is 5.60. The number of halogens is 1. The van der Waals surface area contributed by atoms with E-state index >= 15 is 0 Å². The Labute approximate surface area is 105 Å². The predicted octanol–water partition coefficient (Wildman–Crippen LogP) is 0.945. The van der Waals surface area contributed by atoms with Crippen LogP contribution in [0, 0.1) is 0 Å². The molecule has 1 fully saturated rings. The summed E-state index contributed by atoms with van der Waals surface area (Å²) in [4.78, 5) is 13.9. The Morgan fingerprint density at radius 2 is 2.41 bits per heavy atom. The van der Waals surface area contributed by atoms with Crippen molar-refractivity contribution in [2.75, 3.05) is 19.0 Å². The van der Waals surface area contributed by atoms with Crippen molar-refractivity contribution in [1.29, 1.82) is 0 Å². The van der Waals surface area contributed by atoms with E-state index in [-0.39, 0.29) is 18.1 Å². The van der Waals surface area contributed by atoms with Gasteiger partial charge in [0, 0.05) is 13.1 Å². The zero-order chi connectivity index (χ0) is 12.3. The van der Waals surface area contributed by atoms with Crippen molar-refractivity contribution in [3.05, 3.63) is 24.0 Å². The van der Waals surface area contributed by atoms with E-state index in [1.54, 1.807) is 11.0 Å². The van der Waals surface area contributed by atoms with Crippen molar-refractivity contribution in [2.24, 2.45) is 0 Å². The molecule has 0 saturated carbocycles. The Hall–Kier alpha value is -1.20. The Kier molecular flexibility index (Phi) is 3.91. The monoisotopic (exact) mass is 255 g/mol. The minimum absolute atomic E-state index is 0.00578. The highest BCUT2D eigenvalue weighted by molar-refractivity contribution is 6.18. The second-order valence-electron chi connectivity index (χ2n) is 4.06. The summed E-state index contributed by atoms with van der Waals surface area (Å²) in [5.74, 6) is 0.341. The van der Waals surface area contributed by atoms with Crippen molar-refractivity contribution in [3.63, 3.8) is 0 Å². The van der Waals surface area contributed by atoms with Crippen molar-refractivity contribution in [1.82, 2.24) is 15.1 Å². The third kappa shape index (κ3) is 2.92. The lowest BCUT2D eigenvalue weighted by Crippen LogP contribution is -2.49. The average Bonchev–Trinajstić information content (AvgIpc) is 2.38. The number of carbonyl (C=O) groups excluding carboxylic acids is 1. The first-order chi connectivity index (χ1) is 8.20. The summed E-state index contributed by atoms with van der Waals surface area (Å²) >= 11 is 5.78. The zero-order valence-electron chi connectivity index (χ0n) is 9.54. The molecule has 1 saturated heterocycles. The number of alkyl halides is 1. The van der Waals surface area contributed by atoms with Crippen LogP contribution in [0.5, 0.6) is 0 Å². The third-order valence-electron chi connectivity index (χ3n) is 2.62. The van der Waals surface area contributed by atoms with Gasteiger partial charge >= 0.3 is 0 Å². The van der Waals surface area contributed by atoms with E-state index in [4.69, 9.17) is 16.3 Å². The second-order valence-corrected chi connectivity index (χ2v) is 4.37. The van der Waals surface area contributed by atoms with Crippen LogP contribution in [-0.2, 0) is 4.74 Å². The topological polar surface area (TPSA) is 55.3 Å². The maximum absolute atomic E-state index is 12.2. The molecule has 0 N–H and O–H groups in total. The van der Waals surface area contributed by atoms with Crippen LogP contribution in [0.4, 0.5) is 0 Å². The fourth-order valence-corrected chi connectivity index (χ4v) is 2.07. The lowest BCUT2D eigenvalue weighted by atomic mass is 10.2. The summed E-state index contributed by atoms with van der Waals surface area (Å²) in [6.45, 7) is 3.04. The second kappa shape index (κ2) is 5.42. The van der Waals surface area contributed by atoms with Gasteiger partial charge in [-0.3, -0.25) is 4.79 Å². The third-order valence-corrected chi connectivity index (χ3v) is 2.96. The summed E-state index contributed by atoms with van der Waals surface area (Å²) in [7, 11) is 0. The number of aromatic nitrogens is 2. The molecule has 0 radical (unpaired) electrons. The molecule has 92 valence electrons. The molecule has 2 atom stereocenters. The van der Waals surface area contributed by atoms with Gasteiger partial charge in [-0.2, -0.15) is 10.2 Å². The van der Waals surface area contributed by atoms with Crippen molar-refractivity contribution in [3.8, 4) is 0 Å². The first-order valence-corrected chi connectivity index (χ1v) is 6.01. The zero-order valence-corrected chi connectivity index (χ0v) is 10.3. The largest absolute Gasteiger partial charge is 0.370 e. The quantitative estimate of drug-likeness (QED) is 0.739. The molecule has 0 aromatic carbocycles. The van der Waals surface area contributed by atoms with E-state index in [0.717, 1.165) is 0 Å². The van der Waals surface area contributed by atoms with Gasteiger partial charge in [0.15, 0.2) is 0 Å². The van der Waals surface area contributed by atoms with E-state index in [9.17, 15) is 4.79 Å². The molecule has 0 spiro atoms. The van der Waals surface area contributed by atoms with Crippen LogP contribution in [-0.4, -0.2) is 52.2 Å². The average molecular weight is 256 g/mol. The predicted molar refractivity (Wildman–Crippen MR) is 63.0 cm³/mol. The summed E-state index contributed by atoms with van der Waals surface area (Å²) in [6.07, 6.45) is 2.89. The Balaban J connectivity index is 2.09. The normalized spacial score (nSPS) is 24.7. The molecule has 1 aliphatic rings. The molecule has 5 nitrogen and oxygen atoms in total. The number of morpholine rings is 1. The number of amides is 1. The van der Waals surface area contributed by atoms with Gasteiger partial charge in [-0.1, -0.05) is 0 Å². The highest BCUT2D eigenvalue weighted by Crippen LogP contribution is 2.14. The van der Waals surface area contributed by atoms with Crippen molar-refractivity contribution < 1.29 is 9.53 Å². The molecule has 0 aliphatic carbocycles. The lowest BCUT2D eigenvalue weighted by molar-refractivity contribution is -0.0570. The van der Waals surface area contributed by atoms with Crippen LogP contribution in [0.2, 0.25) is 0 Å². The molecule has 2 rings (SSSR count). The Morgan fingerprint density at radius 1 is 1.59 bits per heavy atom. The van der Waals surface area contributed by atoms with Crippen LogP contribution in [0.3, 0.4) is 0 Å². The van der Waals surface area contributed by atoms with Crippen LogP contribution < -0.4 is 0 Å². The molecule has 1 aromatic heterocycles. The SMILES string of the molecule is CC1CN(C(=O)c2ccnnc2)CC(CCl)O1. The van der Waals surface area contributed by atoms with Gasteiger partial charge in [-0.25, -0.2) is 0 Å². The number of hydrogen-bond acceptors (Lipinski definition) is 4.